The summed E-state index contributed by atoms with van der Waals surface area (Å²) in [6.07, 6.45) is 0. The molecule has 0 aromatic rings. The number of aliphatic hydroxyl groups excluding tert-OH is 1. The Kier molecular flexibility index (Phi) is 4.60. The number of carbonyl (C=O) groups excluding carboxylic acids is 1. The molecule has 0 aromatic heterocycles. The molecule has 0 radical (unpaired) electrons. The molecular formula is C11H18N2O2. The van der Waals surface area contributed by atoms with E-state index in [0.717, 1.165) is 26.2 Å². The standard InChI is InChI=1S/C11H18N2O2/c1-10(2)12-5-7-13(8-6-12)11(15)4-3-9-14/h10,14H,5-9H2,1-2H3. The zero-order valence-electron chi connectivity index (χ0n) is 9.36. The summed E-state index contributed by atoms with van der Waals surface area (Å²) in [5.74, 6) is 4.62. The van der Waals surface area contributed by atoms with Crippen LogP contribution >= 0.6 is 0 Å². The lowest BCUT2D eigenvalue weighted by Crippen LogP contribution is -2.50. The third-order valence-electron chi connectivity index (χ3n) is 2.61. The van der Waals surface area contributed by atoms with Gasteiger partial charge in [0.05, 0.1) is 0 Å². The van der Waals surface area contributed by atoms with Crippen molar-refractivity contribution in [1.82, 2.24) is 9.80 Å². The van der Waals surface area contributed by atoms with Gasteiger partial charge in [-0.2, -0.15) is 0 Å². The molecule has 84 valence electrons. The maximum Gasteiger partial charge on any atom is 0.298 e. The number of aliphatic hydroxyl groups is 1. The third kappa shape index (κ3) is 3.54. The molecule has 1 fully saturated rings. The molecule has 4 heteroatoms. The minimum Gasteiger partial charge on any atom is -0.384 e. The number of carbonyl (C=O) groups is 1. The van der Waals surface area contributed by atoms with Crippen molar-refractivity contribution in [3.05, 3.63) is 0 Å². The van der Waals surface area contributed by atoms with Crippen LogP contribution in [0.2, 0.25) is 0 Å². The Bertz CT molecular complexity index is 270. The largest absolute Gasteiger partial charge is 0.384 e. The molecule has 15 heavy (non-hydrogen) atoms. The summed E-state index contributed by atoms with van der Waals surface area (Å²) in [7, 11) is 0. The van der Waals surface area contributed by atoms with E-state index in [-0.39, 0.29) is 12.5 Å². The smallest absolute Gasteiger partial charge is 0.298 e. The van der Waals surface area contributed by atoms with Crippen molar-refractivity contribution in [2.75, 3.05) is 32.8 Å². The first-order valence-corrected chi connectivity index (χ1v) is 5.28. The topological polar surface area (TPSA) is 43.8 Å². The van der Waals surface area contributed by atoms with E-state index in [9.17, 15) is 4.79 Å². The Balaban J connectivity index is 2.40. The van der Waals surface area contributed by atoms with Gasteiger partial charge in [0.2, 0.25) is 0 Å². The van der Waals surface area contributed by atoms with Gasteiger partial charge in [0, 0.05) is 32.2 Å². The molecule has 1 aliphatic rings. The van der Waals surface area contributed by atoms with Crippen molar-refractivity contribution in [3.8, 4) is 11.8 Å². The Morgan fingerprint density at radius 1 is 1.33 bits per heavy atom. The highest BCUT2D eigenvalue weighted by Gasteiger charge is 2.20. The van der Waals surface area contributed by atoms with Gasteiger partial charge >= 0.3 is 0 Å². The van der Waals surface area contributed by atoms with Gasteiger partial charge in [-0.05, 0) is 19.8 Å². The lowest BCUT2D eigenvalue weighted by molar-refractivity contribution is -0.127. The number of hydrogen-bond donors (Lipinski definition) is 1. The normalized spacial score (nSPS) is 17.5. The monoisotopic (exact) mass is 210 g/mol. The summed E-state index contributed by atoms with van der Waals surface area (Å²) in [4.78, 5) is 15.5. The second-order valence-electron chi connectivity index (χ2n) is 3.88. The van der Waals surface area contributed by atoms with Crippen LogP contribution in [0, 0.1) is 11.8 Å². The van der Waals surface area contributed by atoms with Gasteiger partial charge in [-0.15, -0.1) is 0 Å². The van der Waals surface area contributed by atoms with Crippen LogP contribution in [0.4, 0.5) is 0 Å². The van der Waals surface area contributed by atoms with Crippen LogP contribution in [-0.2, 0) is 4.79 Å². The number of rotatable bonds is 1. The highest BCUT2D eigenvalue weighted by molar-refractivity contribution is 5.93. The summed E-state index contributed by atoms with van der Waals surface area (Å²) >= 11 is 0. The molecule has 1 heterocycles. The summed E-state index contributed by atoms with van der Waals surface area (Å²) < 4.78 is 0. The van der Waals surface area contributed by atoms with Crippen LogP contribution in [0.3, 0.4) is 0 Å². The van der Waals surface area contributed by atoms with Gasteiger partial charge in [0.25, 0.3) is 5.91 Å². The second kappa shape index (κ2) is 5.74. The van der Waals surface area contributed by atoms with E-state index in [2.05, 4.69) is 30.6 Å². The molecule has 1 amide bonds. The maximum absolute atomic E-state index is 11.5. The number of amides is 1. The fraction of sp³-hybridized carbons (Fsp3) is 0.727. The number of piperazine rings is 1. The van der Waals surface area contributed by atoms with Crippen molar-refractivity contribution in [2.45, 2.75) is 19.9 Å². The molecule has 0 aliphatic carbocycles. The van der Waals surface area contributed by atoms with Gasteiger partial charge in [-0.25, -0.2) is 0 Å². The first kappa shape index (κ1) is 12.0. The van der Waals surface area contributed by atoms with Crippen LogP contribution < -0.4 is 0 Å². The third-order valence-corrected chi connectivity index (χ3v) is 2.61. The molecule has 0 aromatic carbocycles. The van der Waals surface area contributed by atoms with E-state index in [4.69, 9.17) is 5.11 Å². The van der Waals surface area contributed by atoms with Crippen LogP contribution in [0.1, 0.15) is 13.8 Å². The maximum atomic E-state index is 11.5. The zero-order valence-corrected chi connectivity index (χ0v) is 9.36. The average molecular weight is 210 g/mol. The molecule has 4 nitrogen and oxygen atoms in total. The van der Waals surface area contributed by atoms with Crippen molar-refractivity contribution in [1.29, 1.82) is 0 Å². The van der Waals surface area contributed by atoms with Crippen LogP contribution in [0.25, 0.3) is 0 Å². The second-order valence-corrected chi connectivity index (χ2v) is 3.88. The SMILES string of the molecule is CC(C)N1CCN(C(=O)C#CCO)CC1. The molecule has 0 atom stereocenters. The fourth-order valence-corrected chi connectivity index (χ4v) is 1.64. The summed E-state index contributed by atoms with van der Waals surface area (Å²) in [6, 6.07) is 0.533. The van der Waals surface area contributed by atoms with E-state index in [1.54, 1.807) is 4.90 Å². The number of nitrogens with zero attached hydrogens (tertiary/aromatic N) is 2. The molecule has 0 saturated carbocycles. The molecular weight excluding hydrogens is 192 g/mol. The van der Waals surface area contributed by atoms with E-state index in [1.807, 2.05) is 0 Å². The molecule has 1 N–H and O–H groups in total. The van der Waals surface area contributed by atoms with Crippen LogP contribution in [0.15, 0.2) is 0 Å². The van der Waals surface area contributed by atoms with Crippen molar-refractivity contribution in [3.63, 3.8) is 0 Å². The van der Waals surface area contributed by atoms with Crippen molar-refractivity contribution >= 4 is 5.91 Å². The minimum absolute atomic E-state index is 0.174. The summed E-state index contributed by atoms with van der Waals surface area (Å²) in [5, 5.41) is 8.48. The van der Waals surface area contributed by atoms with E-state index >= 15 is 0 Å². The lowest BCUT2D eigenvalue weighted by Gasteiger charge is -2.36. The van der Waals surface area contributed by atoms with Crippen LogP contribution in [0.5, 0.6) is 0 Å². The first-order valence-electron chi connectivity index (χ1n) is 5.28. The van der Waals surface area contributed by atoms with Crippen molar-refractivity contribution < 1.29 is 9.90 Å². The van der Waals surface area contributed by atoms with Crippen LogP contribution in [-0.4, -0.2) is 59.6 Å². The predicted octanol–water partition coefficient (Wildman–Crippen LogP) is -0.465. The van der Waals surface area contributed by atoms with E-state index in [0.29, 0.717) is 6.04 Å². The molecule has 1 rings (SSSR count). The van der Waals surface area contributed by atoms with Gasteiger partial charge in [-0.3, -0.25) is 9.69 Å². The van der Waals surface area contributed by atoms with E-state index < -0.39 is 0 Å². The van der Waals surface area contributed by atoms with Crippen molar-refractivity contribution in [2.24, 2.45) is 0 Å². The van der Waals surface area contributed by atoms with E-state index in [1.165, 1.54) is 0 Å². The first-order chi connectivity index (χ1) is 7.15. The Morgan fingerprint density at radius 3 is 2.40 bits per heavy atom. The van der Waals surface area contributed by atoms with Gasteiger partial charge in [-0.1, -0.05) is 5.92 Å². The molecule has 0 bridgehead atoms. The molecule has 0 unspecified atom stereocenters. The highest BCUT2D eigenvalue weighted by Crippen LogP contribution is 2.05. The quantitative estimate of drug-likeness (QED) is 0.595. The Morgan fingerprint density at radius 2 is 1.93 bits per heavy atom. The fourth-order valence-electron chi connectivity index (χ4n) is 1.64. The minimum atomic E-state index is -0.252. The van der Waals surface area contributed by atoms with Gasteiger partial charge in [0.1, 0.15) is 6.61 Å². The molecule has 0 spiro atoms. The van der Waals surface area contributed by atoms with Gasteiger partial charge < -0.3 is 10.0 Å². The summed E-state index contributed by atoms with van der Waals surface area (Å²) in [5.41, 5.74) is 0. The molecule has 1 aliphatic heterocycles. The number of hydrogen-bond acceptors (Lipinski definition) is 3. The molecule has 1 saturated heterocycles. The average Bonchev–Trinajstić information content (AvgIpc) is 2.26. The highest BCUT2D eigenvalue weighted by atomic mass is 16.2. The Labute approximate surface area is 90.9 Å². The van der Waals surface area contributed by atoms with Gasteiger partial charge in [0.15, 0.2) is 0 Å². The summed E-state index contributed by atoms with van der Waals surface area (Å²) in [6.45, 7) is 7.34. The lowest BCUT2D eigenvalue weighted by atomic mass is 10.2. The zero-order chi connectivity index (χ0) is 11.3. The Hall–Kier alpha value is -1.05. The predicted molar refractivity (Wildman–Crippen MR) is 58.2 cm³/mol.